The third-order valence-electron chi connectivity index (χ3n) is 4.52. The number of nitrogens with one attached hydrogen (secondary N) is 1. The number of pyridine rings is 1. The first-order valence-electron chi connectivity index (χ1n) is 7.84. The van der Waals surface area contributed by atoms with E-state index in [0.717, 1.165) is 22.9 Å². The van der Waals surface area contributed by atoms with Gasteiger partial charge < -0.3 is 10.2 Å². The maximum Gasteiger partial charge on any atom is 0.133 e. The van der Waals surface area contributed by atoms with Crippen molar-refractivity contribution in [3.05, 3.63) is 22.3 Å². The number of hydrogen-bond acceptors (Lipinski definition) is 3. The zero-order valence-electron chi connectivity index (χ0n) is 12.2. The van der Waals surface area contributed by atoms with Crippen LogP contribution in [0.5, 0.6) is 0 Å². The van der Waals surface area contributed by atoms with Crippen LogP contribution in [0, 0.1) is 0 Å². The third kappa shape index (κ3) is 3.53. The number of rotatable bonds is 5. The Hall–Kier alpha value is -0.610. The van der Waals surface area contributed by atoms with Crippen molar-refractivity contribution in [1.82, 2.24) is 10.3 Å². The summed E-state index contributed by atoms with van der Waals surface area (Å²) < 4.78 is 1.07. The lowest BCUT2D eigenvalue weighted by Crippen LogP contribution is -2.35. The van der Waals surface area contributed by atoms with Crippen LogP contribution in [0.3, 0.4) is 0 Å². The maximum absolute atomic E-state index is 4.69. The molecule has 3 rings (SSSR count). The van der Waals surface area contributed by atoms with Crippen molar-refractivity contribution in [2.75, 3.05) is 11.9 Å². The summed E-state index contributed by atoms with van der Waals surface area (Å²) in [6.07, 6.45) is 11.3. The highest BCUT2D eigenvalue weighted by atomic mass is 79.9. The van der Waals surface area contributed by atoms with Crippen molar-refractivity contribution in [3.8, 4) is 0 Å². The molecule has 0 saturated heterocycles. The Kier molecular flexibility index (Phi) is 4.61. The van der Waals surface area contributed by atoms with Crippen LogP contribution in [0.4, 0.5) is 5.82 Å². The topological polar surface area (TPSA) is 28.2 Å². The average Bonchev–Trinajstić information content (AvgIpc) is 3.30. The van der Waals surface area contributed by atoms with E-state index in [0.29, 0.717) is 6.04 Å². The normalized spacial score (nSPS) is 20.1. The van der Waals surface area contributed by atoms with Crippen molar-refractivity contribution >= 4 is 21.7 Å². The molecule has 4 heteroatoms. The number of anilines is 1. The van der Waals surface area contributed by atoms with Crippen LogP contribution in [0.1, 0.15) is 50.5 Å². The molecule has 0 bridgehead atoms. The van der Waals surface area contributed by atoms with E-state index in [1.807, 2.05) is 6.20 Å². The van der Waals surface area contributed by atoms with Crippen LogP contribution in [0.25, 0.3) is 0 Å². The van der Waals surface area contributed by atoms with Crippen LogP contribution < -0.4 is 10.2 Å². The highest BCUT2D eigenvalue weighted by molar-refractivity contribution is 9.10. The van der Waals surface area contributed by atoms with Gasteiger partial charge in [-0.1, -0.05) is 19.3 Å². The molecule has 110 valence electrons. The molecule has 0 amide bonds. The summed E-state index contributed by atoms with van der Waals surface area (Å²) in [4.78, 5) is 7.10. The average molecular weight is 338 g/mol. The summed E-state index contributed by atoms with van der Waals surface area (Å²) >= 11 is 3.56. The third-order valence-corrected chi connectivity index (χ3v) is 4.96. The Morgan fingerprint density at radius 2 is 2.00 bits per heavy atom. The van der Waals surface area contributed by atoms with Crippen LogP contribution in [0.2, 0.25) is 0 Å². The van der Waals surface area contributed by atoms with E-state index in [1.54, 1.807) is 0 Å². The molecule has 3 nitrogen and oxygen atoms in total. The molecule has 0 unspecified atom stereocenters. The lowest BCUT2D eigenvalue weighted by molar-refractivity contribution is 0.425. The van der Waals surface area contributed by atoms with E-state index in [1.165, 1.54) is 50.5 Å². The summed E-state index contributed by atoms with van der Waals surface area (Å²) in [5, 5.41) is 3.61. The predicted molar refractivity (Wildman–Crippen MR) is 87.1 cm³/mol. The number of halogens is 1. The van der Waals surface area contributed by atoms with Gasteiger partial charge in [-0.05, 0) is 47.7 Å². The van der Waals surface area contributed by atoms with E-state index in [2.05, 4.69) is 39.3 Å². The molecule has 1 aromatic heterocycles. The molecule has 2 aliphatic carbocycles. The minimum Gasteiger partial charge on any atom is -0.356 e. The highest BCUT2D eigenvalue weighted by Gasteiger charge is 2.23. The molecule has 0 aliphatic heterocycles. The van der Waals surface area contributed by atoms with E-state index in [9.17, 15) is 0 Å². The molecule has 1 heterocycles. The van der Waals surface area contributed by atoms with Crippen molar-refractivity contribution in [2.24, 2.45) is 0 Å². The maximum atomic E-state index is 4.69. The molecule has 0 radical (unpaired) electrons. The Labute approximate surface area is 130 Å². The number of hydrogen-bond donors (Lipinski definition) is 1. The Morgan fingerprint density at radius 3 is 2.70 bits per heavy atom. The zero-order chi connectivity index (χ0) is 13.9. The van der Waals surface area contributed by atoms with E-state index < -0.39 is 0 Å². The Balaban J connectivity index is 1.75. The Bertz CT molecular complexity index is 453. The first kappa shape index (κ1) is 14.3. The second-order valence-electron chi connectivity index (χ2n) is 6.19. The standard InChI is InChI=1S/C16H24BrN3/c1-20(15-5-3-2-4-6-15)16-12(9-13(17)11-19-16)10-18-14-7-8-14/h9,11,14-15,18H,2-8,10H2,1H3. The molecular weight excluding hydrogens is 314 g/mol. The van der Waals surface area contributed by atoms with Gasteiger partial charge in [0.15, 0.2) is 0 Å². The van der Waals surface area contributed by atoms with E-state index in [4.69, 9.17) is 4.98 Å². The first-order chi connectivity index (χ1) is 9.74. The van der Waals surface area contributed by atoms with Gasteiger partial charge in [0.25, 0.3) is 0 Å². The van der Waals surface area contributed by atoms with Crippen LogP contribution in [-0.2, 0) is 6.54 Å². The summed E-state index contributed by atoms with van der Waals surface area (Å²) in [5.41, 5.74) is 1.32. The van der Waals surface area contributed by atoms with Gasteiger partial charge in [-0.2, -0.15) is 0 Å². The van der Waals surface area contributed by atoms with Gasteiger partial charge in [0.1, 0.15) is 5.82 Å². The van der Waals surface area contributed by atoms with E-state index in [-0.39, 0.29) is 0 Å². The molecule has 2 fully saturated rings. The monoisotopic (exact) mass is 337 g/mol. The molecule has 1 aromatic rings. The van der Waals surface area contributed by atoms with Gasteiger partial charge in [0, 0.05) is 41.9 Å². The number of aromatic nitrogens is 1. The SMILES string of the molecule is CN(c1ncc(Br)cc1CNC1CC1)C1CCCCC1. The zero-order valence-corrected chi connectivity index (χ0v) is 13.8. The molecule has 20 heavy (non-hydrogen) atoms. The molecule has 0 atom stereocenters. The fourth-order valence-corrected chi connectivity index (χ4v) is 3.48. The smallest absolute Gasteiger partial charge is 0.133 e. The van der Waals surface area contributed by atoms with Crippen molar-refractivity contribution in [1.29, 1.82) is 0 Å². The lowest BCUT2D eigenvalue weighted by atomic mass is 9.94. The minimum absolute atomic E-state index is 0.664. The fourth-order valence-electron chi connectivity index (χ4n) is 3.10. The number of nitrogens with zero attached hydrogens (tertiary/aromatic N) is 2. The van der Waals surface area contributed by atoms with E-state index >= 15 is 0 Å². The quantitative estimate of drug-likeness (QED) is 0.884. The first-order valence-corrected chi connectivity index (χ1v) is 8.64. The summed E-state index contributed by atoms with van der Waals surface area (Å²) in [5.74, 6) is 1.16. The highest BCUT2D eigenvalue weighted by Crippen LogP contribution is 2.29. The molecule has 0 aromatic carbocycles. The van der Waals surface area contributed by atoms with Gasteiger partial charge in [0.05, 0.1) is 0 Å². The lowest BCUT2D eigenvalue weighted by Gasteiger charge is -2.33. The molecule has 1 N–H and O–H groups in total. The summed E-state index contributed by atoms with van der Waals surface area (Å²) in [7, 11) is 2.22. The van der Waals surface area contributed by atoms with Crippen molar-refractivity contribution in [2.45, 2.75) is 63.6 Å². The van der Waals surface area contributed by atoms with Gasteiger partial charge >= 0.3 is 0 Å². The van der Waals surface area contributed by atoms with Crippen LogP contribution in [-0.4, -0.2) is 24.1 Å². The second-order valence-corrected chi connectivity index (χ2v) is 7.11. The summed E-state index contributed by atoms with van der Waals surface area (Å²) in [6, 6.07) is 3.62. The van der Waals surface area contributed by atoms with Gasteiger partial charge in [-0.15, -0.1) is 0 Å². The minimum atomic E-state index is 0.664. The predicted octanol–water partition coefficient (Wildman–Crippen LogP) is 3.87. The second kappa shape index (κ2) is 6.44. The fraction of sp³-hybridized carbons (Fsp3) is 0.688. The Morgan fingerprint density at radius 1 is 1.25 bits per heavy atom. The van der Waals surface area contributed by atoms with Gasteiger partial charge in [-0.3, -0.25) is 0 Å². The molecular formula is C16H24BrN3. The van der Waals surface area contributed by atoms with Gasteiger partial charge in [-0.25, -0.2) is 4.98 Å². The molecule has 2 aliphatic rings. The van der Waals surface area contributed by atoms with Crippen LogP contribution in [0.15, 0.2) is 16.7 Å². The molecule has 0 spiro atoms. The van der Waals surface area contributed by atoms with Crippen molar-refractivity contribution in [3.63, 3.8) is 0 Å². The largest absolute Gasteiger partial charge is 0.356 e. The van der Waals surface area contributed by atoms with Gasteiger partial charge in [0.2, 0.25) is 0 Å². The molecule has 2 saturated carbocycles. The van der Waals surface area contributed by atoms with Crippen LogP contribution >= 0.6 is 15.9 Å². The summed E-state index contributed by atoms with van der Waals surface area (Å²) in [6.45, 7) is 0.934. The van der Waals surface area contributed by atoms with Crippen molar-refractivity contribution < 1.29 is 0 Å².